The molecular weight excluding hydrogens is 214 g/mol. The number of methoxy groups -OCH3 is 1. The number of aryl methyl sites for hydroxylation is 1. The Bertz CT molecular complexity index is 479. The second-order valence-electron chi connectivity index (χ2n) is 3.97. The van der Waals surface area contributed by atoms with Crippen LogP contribution in [0.2, 0.25) is 0 Å². The molecule has 0 atom stereocenters. The van der Waals surface area contributed by atoms with E-state index < -0.39 is 0 Å². The third-order valence-corrected chi connectivity index (χ3v) is 2.57. The summed E-state index contributed by atoms with van der Waals surface area (Å²) in [6.07, 6.45) is 3.70. The van der Waals surface area contributed by atoms with E-state index in [0.717, 1.165) is 12.5 Å². The Labute approximate surface area is 101 Å². The number of nitrogens with zero attached hydrogens (tertiary/aromatic N) is 2. The zero-order chi connectivity index (χ0) is 12.1. The van der Waals surface area contributed by atoms with Gasteiger partial charge in [0.05, 0.1) is 6.61 Å². The number of hydrogen-bond acceptors (Lipinski definition) is 3. The Morgan fingerprint density at radius 2 is 2.18 bits per heavy atom. The number of aromatic nitrogens is 2. The lowest BCUT2D eigenvalue weighted by atomic mass is 10.1. The van der Waals surface area contributed by atoms with Crippen molar-refractivity contribution >= 4 is 5.95 Å². The molecule has 0 radical (unpaired) electrons. The summed E-state index contributed by atoms with van der Waals surface area (Å²) in [5.41, 5.74) is 2.41. The van der Waals surface area contributed by atoms with Gasteiger partial charge in [0.1, 0.15) is 0 Å². The predicted molar refractivity (Wildman–Crippen MR) is 67.7 cm³/mol. The Hall–Kier alpha value is -1.81. The van der Waals surface area contributed by atoms with Gasteiger partial charge in [-0.3, -0.25) is 0 Å². The molecule has 4 nitrogen and oxygen atoms in total. The summed E-state index contributed by atoms with van der Waals surface area (Å²) >= 11 is 0. The van der Waals surface area contributed by atoms with Gasteiger partial charge in [-0.05, 0) is 11.1 Å². The van der Waals surface area contributed by atoms with Crippen LogP contribution in [0.1, 0.15) is 11.1 Å². The van der Waals surface area contributed by atoms with Gasteiger partial charge in [-0.25, -0.2) is 4.98 Å². The third-order valence-electron chi connectivity index (χ3n) is 2.57. The molecule has 0 aliphatic rings. The first-order valence-corrected chi connectivity index (χ1v) is 5.57. The number of nitrogens with one attached hydrogen (secondary N) is 1. The van der Waals surface area contributed by atoms with Gasteiger partial charge in [0.15, 0.2) is 0 Å². The van der Waals surface area contributed by atoms with Gasteiger partial charge in [0.25, 0.3) is 0 Å². The van der Waals surface area contributed by atoms with E-state index in [4.69, 9.17) is 4.74 Å². The first-order chi connectivity index (χ1) is 8.29. The Morgan fingerprint density at radius 3 is 2.88 bits per heavy atom. The summed E-state index contributed by atoms with van der Waals surface area (Å²) in [4.78, 5) is 4.22. The SMILES string of the molecule is COCc1cccc(CNc2nccn2C)c1. The summed E-state index contributed by atoms with van der Waals surface area (Å²) in [5, 5.41) is 3.29. The third kappa shape index (κ3) is 3.07. The maximum atomic E-state index is 5.12. The Morgan fingerprint density at radius 1 is 1.35 bits per heavy atom. The van der Waals surface area contributed by atoms with Crippen LogP contribution in [0.3, 0.4) is 0 Å². The molecule has 0 spiro atoms. The molecule has 90 valence electrons. The van der Waals surface area contributed by atoms with Crippen LogP contribution in [0.25, 0.3) is 0 Å². The molecule has 0 saturated heterocycles. The quantitative estimate of drug-likeness (QED) is 0.857. The van der Waals surface area contributed by atoms with E-state index in [-0.39, 0.29) is 0 Å². The number of imidazole rings is 1. The highest BCUT2D eigenvalue weighted by atomic mass is 16.5. The zero-order valence-electron chi connectivity index (χ0n) is 10.2. The Kier molecular flexibility index (Phi) is 3.77. The molecule has 0 fully saturated rings. The lowest BCUT2D eigenvalue weighted by molar-refractivity contribution is 0.185. The standard InChI is InChI=1S/C13H17N3O/c1-16-7-6-14-13(16)15-9-11-4-3-5-12(8-11)10-17-2/h3-8H,9-10H2,1-2H3,(H,14,15). The second kappa shape index (κ2) is 5.50. The van der Waals surface area contributed by atoms with Crippen LogP contribution >= 0.6 is 0 Å². The molecule has 0 saturated carbocycles. The van der Waals surface area contributed by atoms with Crippen molar-refractivity contribution < 1.29 is 4.74 Å². The van der Waals surface area contributed by atoms with Crippen molar-refractivity contribution in [2.75, 3.05) is 12.4 Å². The van der Waals surface area contributed by atoms with Crippen LogP contribution in [-0.4, -0.2) is 16.7 Å². The van der Waals surface area contributed by atoms with Gasteiger partial charge in [-0.1, -0.05) is 24.3 Å². The molecule has 0 unspecified atom stereocenters. The van der Waals surface area contributed by atoms with Crippen molar-refractivity contribution in [3.05, 3.63) is 47.8 Å². The second-order valence-corrected chi connectivity index (χ2v) is 3.97. The van der Waals surface area contributed by atoms with Crippen molar-refractivity contribution in [1.29, 1.82) is 0 Å². The molecule has 0 aliphatic heterocycles. The van der Waals surface area contributed by atoms with E-state index in [9.17, 15) is 0 Å². The smallest absolute Gasteiger partial charge is 0.202 e. The first-order valence-electron chi connectivity index (χ1n) is 5.57. The maximum absolute atomic E-state index is 5.12. The fraction of sp³-hybridized carbons (Fsp3) is 0.308. The normalized spacial score (nSPS) is 10.5. The minimum atomic E-state index is 0.649. The average Bonchev–Trinajstić information content (AvgIpc) is 2.73. The van der Waals surface area contributed by atoms with Crippen LogP contribution < -0.4 is 5.32 Å². The van der Waals surface area contributed by atoms with Crippen molar-refractivity contribution in [2.24, 2.45) is 7.05 Å². The number of anilines is 1. The van der Waals surface area contributed by atoms with Crippen molar-refractivity contribution in [3.8, 4) is 0 Å². The van der Waals surface area contributed by atoms with Gasteiger partial charge >= 0.3 is 0 Å². The topological polar surface area (TPSA) is 39.1 Å². The molecule has 2 aromatic rings. The van der Waals surface area contributed by atoms with Gasteiger partial charge < -0.3 is 14.6 Å². The number of benzene rings is 1. The predicted octanol–water partition coefficient (Wildman–Crippen LogP) is 2.18. The number of rotatable bonds is 5. The van der Waals surface area contributed by atoms with Crippen molar-refractivity contribution in [1.82, 2.24) is 9.55 Å². The van der Waals surface area contributed by atoms with E-state index in [1.54, 1.807) is 13.3 Å². The van der Waals surface area contributed by atoms with E-state index in [1.807, 2.05) is 23.9 Å². The molecular formula is C13H17N3O. The molecule has 0 aliphatic carbocycles. The molecule has 1 aromatic carbocycles. The molecule has 0 bridgehead atoms. The monoisotopic (exact) mass is 231 g/mol. The average molecular weight is 231 g/mol. The van der Waals surface area contributed by atoms with Crippen LogP contribution in [0.15, 0.2) is 36.7 Å². The van der Waals surface area contributed by atoms with Crippen molar-refractivity contribution in [2.45, 2.75) is 13.2 Å². The highest BCUT2D eigenvalue weighted by Crippen LogP contribution is 2.09. The summed E-state index contributed by atoms with van der Waals surface area (Å²) in [6.45, 7) is 1.42. The van der Waals surface area contributed by atoms with Gasteiger partial charge in [-0.15, -0.1) is 0 Å². The largest absolute Gasteiger partial charge is 0.380 e. The maximum Gasteiger partial charge on any atom is 0.202 e. The fourth-order valence-corrected chi connectivity index (χ4v) is 1.71. The molecule has 17 heavy (non-hydrogen) atoms. The number of ether oxygens (including phenoxy) is 1. The summed E-state index contributed by atoms with van der Waals surface area (Å²) in [7, 11) is 3.68. The summed E-state index contributed by atoms with van der Waals surface area (Å²) < 4.78 is 7.07. The van der Waals surface area contributed by atoms with Crippen LogP contribution in [0, 0.1) is 0 Å². The number of hydrogen-bond donors (Lipinski definition) is 1. The molecule has 1 N–H and O–H groups in total. The van der Waals surface area contributed by atoms with E-state index >= 15 is 0 Å². The lowest BCUT2D eigenvalue weighted by Crippen LogP contribution is -2.05. The van der Waals surface area contributed by atoms with E-state index in [1.165, 1.54) is 11.1 Å². The van der Waals surface area contributed by atoms with E-state index in [0.29, 0.717) is 6.61 Å². The molecule has 1 heterocycles. The molecule has 1 aromatic heterocycles. The highest BCUT2D eigenvalue weighted by Gasteiger charge is 1.99. The summed E-state index contributed by atoms with van der Waals surface area (Å²) in [6, 6.07) is 8.34. The van der Waals surface area contributed by atoms with Gasteiger partial charge in [0, 0.05) is 33.1 Å². The molecule has 2 rings (SSSR count). The van der Waals surface area contributed by atoms with Crippen molar-refractivity contribution in [3.63, 3.8) is 0 Å². The first kappa shape index (κ1) is 11.7. The van der Waals surface area contributed by atoms with Crippen LogP contribution in [-0.2, 0) is 24.9 Å². The van der Waals surface area contributed by atoms with Gasteiger partial charge in [-0.2, -0.15) is 0 Å². The highest BCUT2D eigenvalue weighted by molar-refractivity contribution is 5.30. The zero-order valence-corrected chi connectivity index (χ0v) is 10.2. The van der Waals surface area contributed by atoms with Crippen LogP contribution in [0.4, 0.5) is 5.95 Å². The van der Waals surface area contributed by atoms with E-state index in [2.05, 4.69) is 28.5 Å². The minimum absolute atomic E-state index is 0.649. The van der Waals surface area contributed by atoms with Crippen LogP contribution in [0.5, 0.6) is 0 Å². The Balaban J connectivity index is 1.99. The minimum Gasteiger partial charge on any atom is -0.380 e. The fourth-order valence-electron chi connectivity index (χ4n) is 1.71. The van der Waals surface area contributed by atoms with Gasteiger partial charge in [0.2, 0.25) is 5.95 Å². The summed E-state index contributed by atoms with van der Waals surface area (Å²) in [5.74, 6) is 0.877. The lowest BCUT2D eigenvalue weighted by Gasteiger charge is -2.07. The molecule has 0 amide bonds. The molecule has 4 heteroatoms.